The van der Waals surface area contributed by atoms with Crippen LogP contribution in [0.4, 0.5) is 0 Å². The highest BCUT2D eigenvalue weighted by Gasteiger charge is 2.56. The van der Waals surface area contributed by atoms with E-state index in [1.54, 1.807) is 6.07 Å². The van der Waals surface area contributed by atoms with E-state index in [1.165, 1.54) is 7.11 Å². The van der Waals surface area contributed by atoms with Gasteiger partial charge in [-0.25, -0.2) is 0 Å². The zero-order valence-corrected chi connectivity index (χ0v) is 11.9. The van der Waals surface area contributed by atoms with E-state index in [-0.39, 0.29) is 0 Å². The summed E-state index contributed by atoms with van der Waals surface area (Å²) in [4.78, 5) is 11.6. The predicted molar refractivity (Wildman–Crippen MR) is 70.2 cm³/mol. The maximum absolute atomic E-state index is 11.6. The van der Waals surface area contributed by atoms with Gasteiger partial charge in [0.2, 0.25) is 0 Å². The molecule has 0 saturated heterocycles. The van der Waals surface area contributed by atoms with Gasteiger partial charge < -0.3 is 19.3 Å². The molecule has 5 nitrogen and oxygen atoms in total. The van der Waals surface area contributed by atoms with Crippen molar-refractivity contribution in [2.24, 2.45) is 0 Å². The summed E-state index contributed by atoms with van der Waals surface area (Å²) in [6.07, 6.45) is 1.18. The molecule has 19 heavy (non-hydrogen) atoms. The van der Waals surface area contributed by atoms with Crippen LogP contribution in [0.15, 0.2) is 10.5 Å². The van der Waals surface area contributed by atoms with Gasteiger partial charge in [-0.05, 0) is 28.8 Å². The molecule has 1 fully saturated rings. The summed E-state index contributed by atoms with van der Waals surface area (Å²) in [5.74, 6) is 0.747. The molecule has 102 valence electrons. The van der Waals surface area contributed by atoms with Gasteiger partial charge in [0, 0.05) is 6.07 Å². The lowest BCUT2D eigenvalue weighted by atomic mass is 9.93. The van der Waals surface area contributed by atoms with Gasteiger partial charge in [-0.3, -0.25) is 4.79 Å². The summed E-state index contributed by atoms with van der Waals surface area (Å²) in [6, 6.07) is 1.76. The Hall–Kier alpha value is -1.43. The van der Waals surface area contributed by atoms with Crippen molar-refractivity contribution < 1.29 is 24.1 Å². The fourth-order valence-electron chi connectivity index (χ4n) is 2.47. The van der Waals surface area contributed by atoms with Crippen molar-refractivity contribution in [2.75, 3.05) is 20.3 Å². The molecule has 0 radical (unpaired) electrons. The van der Waals surface area contributed by atoms with E-state index in [4.69, 9.17) is 14.2 Å². The zero-order chi connectivity index (χ0) is 13.6. The van der Waals surface area contributed by atoms with E-state index >= 15 is 0 Å². The number of halogens is 1. The number of rotatable bonds is 3. The van der Waals surface area contributed by atoms with E-state index in [9.17, 15) is 9.90 Å². The second-order valence-corrected chi connectivity index (χ2v) is 5.53. The normalized spacial score (nSPS) is 18.8. The molecule has 3 rings (SSSR count). The Bertz CT molecular complexity index is 550. The Morgan fingerprint density at radius 2 is 2.11 bits per heavy atom. The highest BCUT2D eigenvalue weighted by molar-refractivity contribution is 9.10. The molecule has 0 spiro atoms. The van der Waals surface area contributed by atoms with Crippen LogP contribution in [0, 0.1) is 0 Å². The molecule has 1 aliphatic heterocycles. The Morgan fingerprint density at radius 1 is 1.42 bits per heavy atom. The minimum atomic E-state index is -0.903. The predicted octanol–water partition coefficient (Wildman–Crippen LogP) is 2.35. The fourth-order valence-corrected chi connectivity index (χ4v) is 3.04. The molecule has 1 aromatic rings. The molecule has 2 aliphatic rings. The molecule has 0 bridgehead atoms. The Labute approximate surface area is 118 Å². The number of carboxylic acids is 1. The van der Waals surface area contributed by atoms with Crippen LogP contribution >= 0.6 is 15.9 Å². The SMILES string of the molecule is COc1c(Br)cc2c(c1C1(C(=O)O)CC1)OCCO2. The van der Waals surface area contributed by atoms with Crippen LogP contribution in [0.3, 0.4) is 0 Å². The smallest absolute Gasteiger partial charge is 0.314 e. The van der Waals surface area contributed by atoms with Gasteiger partial charge in [-0.15, -0.1) is 0 Å². The van der Waals surface area contributed by atoms with Gasteiger partial charge in [-0.1, -0.05) is 0 Å². The summed E-state index contributed by atoms with van der Waals surface area (Å²) >= 11 is 3.40. The topological polar surface area (TPSA) is 65.0 Å². The van der Waals surface area contributed by atoms with Gasteiger partial charge in [0.25, 0.3) is 0 Å². The number of methoxy groups -OCH3 is 1. The second kappa shape index (κ2) is 4.30. The quantitative estimate of drug-likeness (QED) is 0.922. The number of benzene rings is 1. The highest BCUT2D eigenvalue weighted by Crippen LogP contribution is 2.59. The molecule has 1 saturated carbocycles. The first-order valence-electron chi connectivity index (χ1n) is 6.00. The number of hydrogen-bond acceptors (Lipinski definition) is 4. The number of hydrogen-bond donors (Lipinski definition) is 1. The first-order valence-corrected chi connectivity index (χ1v) is 6.79. The van der Waals surface area contributed by atoms with Gasteiger partial charge >= 0.3 is 5.97 Å². The molecule has 1 heterocycles. The van der Waals surface area contributed by atoms with Gasteiger partial charge in [-0.2, -0.15) is 0 Å². The number of ether oxygens (including phenoxy) is 3. The average molecular weight is 329 g/mol. The Morgan fingerprint density at radius 3 is 2.68 bits per heavy atom. The Kier molecular flexibility index (Phi) is 2.85. The lowest BCUT2D eigenvalue weighted by molar-refractivity contribution is -0.140. The van der Waals surface area contributed by atoms with Crippen molar-refractivity contribution in [2.45, 2.75) is 18.3 Å². The van der Waals surface area contributed by atoms with Crippen LogP contribution in [-0.2, 0) is 10.2 Å². The van der Waals surface area contributed by atoms with Crippen LogP contribution in [0.2, 0.25) is 0 Å². The maximum atomic E-state index is 11.6. The monoisotopic (exact) mass is 328 g/mol. The first kappa shape index (κ1) is 12.6. The molecular weight excluding hydrogens is 316 g/mol. The van der Waals surface area contributed by atoms with Crippen molar-refractivity contribution >= 4 is 21.9 Å². The van der Waals surface area contributed by atoms with Gasteiger partial charge in [0.1, 0.15) is 24.4 Å². The van der Waals surface area contributed by atoms with E-state index in [1.807, 2.05) is 0 Å². The molecule has 0 unspecified atom stereocenters. The third-order valence-corrected chi connectivity index (χ3v) is 4.17. The molecule has 1 aromatic carbocycles. The fraction of sp³-hybridized carbons (Fsp3) is 0.462. The highest BCUT2D eigenvalue weighted by atomic mass is 79.9. The molecule has 0 aromatic heterocycles. The average Bonchev–Trinajstić information content (AvgIpc) is 3.18. The lowest BCUT2D eigenvalue weighted by Gasteiger charge is -2.26. The van der Waals surface area contributed by atoms with Crippen molar-refractivity contribution in [3.63, 3.8) is 0 Å². The Balaban J connectivity index is 2.26. The second-order valence-electron chi connectivity index (χ2n) is 4.68. The van der Waals surface area contributed by atoms with Crippen LogP contribution in [0.1, 0.15) is 18.4 Å². The van der Waals surface area contributed by atoms with Crippen LogP contribution < -0.4 is 14.2 Å². The summed E-state index contributed by atoms with van der Waals surface area (Å²) in [5.41, 5.74) is -0.313. The molecule has 0 amide bonds. The van der Waals surface area contributed by atoms with E-state index in [0.29, 0.717) is 53.3 Å². The minimum Gasteiger partial charge on any atom is -0.495 e. The number of fused-ring (bicyclic) bond motifs is 1. The molecule has 0 atom stereocenters. The molecular formula is C13H13BrO5. The minimum absolute atomic E-state index is 0.417. The summed E-state index contributed by atoms with van der Waals surface area (Å²) in [7, 11) is 1.53. The lowest BCUT2D eigenvalue weighted by Crippen LogP contribution is -2.25. The van der Waals surface area contributed by atoms with Crippen LogP contribution in [0.5, 0.6) is 17.2 Å². The van der Waals surface area contributed by atoms with Crippen molar-refractivity contribution in [3.05, 3.63) is 16.1 Å². The summed E-state index contributed by atoms with van der Waals surface area (Å²) in [6.45, 7) is 0.881. The van der Waals surface area contributed by atoms with Gasteiger partial charge in [0.05, 0.1) is 17.1 Å². The van der Waals surface area contributed by atoms with Crippen molar-refractivity contribution in [3.8, 4) is 17.2 Å². The van der Waals surface area contributed by atoms with E-state index in [2.05, 4.69) is 15.9 Å². The van der Waals surface area contributed by atoms with E-state index < -0.39 is 11.4 Å². The van der Waals surface area contributed by atoms with Gasteiger partial charge in [0.15, 0.2) is 11.5 Å². The van der Waals surface area contributed by atoms with Crippen molar-refractivity contribution in [1.29, 1.82) is 0 Å². The molecule has 1 aliphatic carbocycles. The summed E-state index contributed by atoms with van der Waals surface area (Å²) < 4.78 is 17.2. The molecule has 6 heteroatoms. The van der Waals surface area contributed by atoms with E-state index in [0.717, 1.165) is 0 Å². The first-order chi connectivity index (χ1) is 9.10. The maximum Gasteiger partial charge on any atom is 0.314 e. The third-order valence-electron chi connectivity index (χ3n) is 3.58. The van der Waals surface area contributed by atoms with Crippen LogP contribution in [-0.4, -0.2) is 31.4 Å². The van der Waals surface area contributed by atoms with Crippen molar-refractivity contribution in [1.82, 2.24) is 0 Å². The standard InChI is InChI=1S/C13H13BrO5/c1-17-10-7(14)6-8-11(19-5-4-18-8)9(10)13(2-3-13)12(15)16/h6H,2-5H2,1H3,(H,15,16). The molecule has 1 N–H and O–H groups in total. The number of aliphatic carboxylic acids is 1. The van der Waals surface area contributed by atoms with Crippen LogP contribution in [0.25, 0.3) is 0 Å². The number of carboxylic acid groups (broad SMARTS) is 1. The number of carbonyl (C=O) groups is 1. The third kappa shape index (κ3) is 1.77. The summed E-state index contributed by atoms with van der Waals surface area (Å²) in [5, 5.41) is 9.50. The zero-order valence-electron chi connectivity index (χ0n) is 10.4. The largest absolute Gasteiger partial charge is 0.495 e.